The molecule has 1 fully saturated rings. The van der Waals surface area contributed by atoms with E-state index in [1.807, 2.05) is 27.7 Å². The van der Waals surface area contributed by atoms with Crippen LogP contribution >= 0.6 is 0 Å². The normalized spacial score (nSPS) is 22.0. The van der Waals surface area contributed by atoms with Gasteiger partial charge in [0.05, 0.1) is 11.9 Å². The zero-order valence-electron chi connectivity index (χ0n) is 15.9. The van der Waals surface area contributed by atoms with Crippen LogP contribution in [0.2, 0.25) is 0 Å². The minimum absolute atomic E-state index is 0.0185. The molecule has 0 bridgehead atoms. The van der Waals surface area contributed by atoms with Crippen LogP contribution in [-0.4, -0.2) is 49.7 Å². The van der Waals surface area contributed by atoms with Crippen molar-refractivity contribution in [2.24, 2.45) is 0 Å². The molecule has 1 unspecified atom stereocenters. The number of aliphatic carboxylic acids is 1. The highest BCUT2D eigenvalue weighted by Gasteiger charge is 2.45. The van der Waals surface area contributed by atoms with Gasteiger partial charge in [-0.1, -0.05) is 13.0 Å². The lowest BCUT2D eigenvalue weighted by Gasteiger charge is -2.51. The summed E-state index contributed by atoms with van der Waals surface area (Å²) in [5, 5.41) is 29.9. The first-order chi connectivity index (χ1) is 11.4. The van der Waals surface area contributed by atoms with Gasteiger partial charge in [0.2, 0.25) is 0 Å². The molecule has 6 nitrogen and oxygen atoms in total. The molecule has 3 N–H and O–H groups in total. The number of aliphatic hydroxyl groups excluding tert-OH is 1. The summed E-state index contributed by atoms with van der Waals surface area (Å²) in [6.45, 7) is 12.0. The van der Waals surface area contributed by atoms with E-state index in [-0.39, 0.29) is 17.2 Å². The number of hydroxylamine groups is 2. The van der Waals surface area contributed by atoms with Crippen LogP contribution in [0, 0.1) is 0 Å². The molecule has 1 rings (SSSR count). The number of rotatable bonds is 9. The summed E-state index contributed by atoms with van der Waals surface area (Å²) < 4.78 is 6.01. The van der Waals surface area contributed by atoms with E-state index in [9.17, 15) is 15.1 Å². The first-order valence-corrected chi connectivity index (χ1v) is 8.87. The molecule has 0 amide bonds. The lowest BCUT2D eigenvalue weighted by molar-refractivity contribution is -0.258. The van der Waals surface area contributed by atoms with Crippen molar-refractivity contribution < 1.29 is 25.0 Å². The Morgan fingerprint density at radius 1 is 1.28 bits per heavy atom. The Labute approximate surface area is 150 Å². The van der Waals surface area contributed by atoms with Crippen LogP contribution in [0.25, 0.3) is 0 Å². The molecule has 1 atom stereocenters. The van der Waals surface area contributed by atoms with Crippen molar-refractivity contribution in [2.75, 3.05) is 0 Å². The van der Waals surface area contributed by atoms with Crippen molar-refractivity contribution in [1.82, 2.24) is 5.06 Å². The van der Waals surface area contributed by atoms with Gasteiger partial charge in [-0.3, -0.25) is 0 Å². The molecule has 6 heteroatoms. The number of piperidine rings is 1. The summed E-state index contributed by atoms with van der Waals surface area (Å²) in [6, 6.07) is 0. The van der Waals surface area contributed by atoms with Crippen LogP contribution < -0.4 is 0 Å². The second-order valence-electron chi connectivity index (χ2n) is 8.13. The Kier molecular flexibility index (Phi) is 7.65. The number of hydrogen-bond donors (Lipinski definition) is 3. The number of carboxylic acids is 1. The summed E-state index contributed by atoms with van der Waals surface area (Å²) in [5.74, 6) is -0.334. The average Bonchev–Trinajstić information content (AvgIpc) is 2.46. The van der Waals surface area contributed by atoms with E-state index in [1.54, 1.807) is 0 Å². The van der Waals surface area contributed by atoms with Crippen LogP contribution in [0.5, 0.6) is 0 Å². The molecule has 25 heavy (non-hydrogen) atoms. The van der Waals surface area contributed by atoms with Gasteiger partial charge in [0.25, 0.3) is 0 Å². The first-order valence-electron chi connectivity index (χ1n) is 8.87. The van der Waals surface area contributed by atoms with Crippen molar-refractivity contribution in [3.05, 3.63) is 24.5 Å². The fourth-order valence-corrected chi connectivity index (χ4v) is 3.52. The van der Waals surface area contributed by atoms with Crippen molar-refractivity contribution in [3.63, 3.8) is 0 Å². The lowest BCUT2D eigenvalue weighted by atomic mass is 9.80. The van der Waals surface area contributed by atoms with Gasteiger partial charge in [0.1, 0.15) is 6.10 Å². The van der Waals surface area contributed by atoms with Gasteiger partial charge >= 0.3 is 5.97 Å². The van der Waals surface area contributed by atoms with Gasteiger partial charge in [-0.25, -0.2) is 4.79 Å². The summed E-state index contributed by atoms with van der Waals surface area (Å²) in [4.78, 5) is 10.4. The smallest absolute Gasteiger partial charge is 0.328 e. The molecule has 0 aromatic rings. The molecule has 0 saturated carbocycles. The summed E-state index contributed by atoms with van der Waals surface area (Å²) >= 11 is 0. The maximum atomic E-state index is 10.4. The van der Waals surface area contributed by atoms with E-state index >= 15 is 0 Å². The highest BCUT2D eigenvalue weighted by molar-refractivity contribution is 5.79. The molecule has 1 aliphatic heterocycles. The summed E-state index contributed by atoms with van der Waals surface area (Å²) in [6.07, 6.45) is 5.79. The number of carbonyl (C=O) groups is 1. The molecular weight excluding hydrogens is 322 g/mol. The molecule has 0 radical (unpaired) electrons. The number of aliphatic hydroxyl groups is 1. The minimum Gasteiger partial charge on any atom is -0.495 e. The molecule has 0 aromatic heterocycles. The maximum absolute atomic E-state index is 10.4. The van der Waals surface area contributed by atoms with Gasteiger partial charge in [0.15, 0.2) is 0 Å². The zero-order chi connectivity index (χ0) is 19.3. The zero-order valence-corrected chi connectivity index (χ0v) is 15.9. The van der Waals surface area contributed by atoms with Gasteiger partial charge in [-0.05, 0) is 46.6 Å². The van der Waals surface area contributed by atoms with E-state index in [0.29, 0.717) is 12.8 Å². The third kappa shape index (κ3) is 7.18. The summed E-state index contributed by atoms with van der Waals surface area (Å²) in [7, 11) is 0. The number of nitrogens with zero attached hydrogens (tertiary/aromatic N) is 1. The van der Waals surface area contributed by atoms with Gasteiger partial charge in [-0.2, -0.15) is 5.06 Å². The van der Waals surface area contributed by atoms with Gasteiger partial charge < -0.3 is 20.2 Å². The number of hydrogen-bond acceptors (Lipinski definition) is 5. The quantitative estimate of drug-likeness (QED) is 0.333. The third-order valence-electron chi connectivity index (χ3n) is 4.60. The van der Waals surface area contributed by atoms with E-state index in [4.69, 9.17) is 9.84 Å². The molecule has 144 valence electrons. The molecule has 0 aliphatic carbocycles. The average molecular weight is 355 g/mol. The SMILES string of the molecule is C=C(CCCCC(O)/C=C/C(=O)O)OC1CC(C)(C)N(O)C(C)(C)C1. The second-order valence-corrected chi connectivity index (χ2v) is 8.13. The predicted molar refractivity (Wildman–Crippen MR) is 96.3 cm³/mol. The minimum atomic E-state index is -1.05. The fourth-order valence-electron chi connectivity index (χ4n) is 3.52. The van der Waals surface area contributed by atoms with Crippen LogP contribution in [0.4, 0.5) is 0 Å². The molecule has 1 heterocycles. The van der Waals surface area contributed by atoms with Crippen molar-refractivity contribution in [2.45, 2.75) is 89.5 Å². The van der Waals surface area contributed by atoms with Crippen LogP contribution in [0.3, 0.4) is 0 Å². The van der Waals surface area contributed by atoms with Crippen LogP contribution in [0.1, 0.15) is 66.2 Å². The topological polar surface area (TPSA) is 90.2 Å². The summed E-state index contributed by atoms with van der Waals surface area (Å²) in [5.41, 5.74) is -0.708. The number of ether oxygens (including phenoxy) is 1. The van der Waals surface area contributed by atoms with Crippen LogP contribution in [0.15, 0.2) is 24.5 Å². The predicted octanol–water partition coefficient (Wildman–Crippen LogP) is 3.49. The number of carboxylic acid groups (broad SMARTS) is 1. The first kappa shape index (κ1) is 21.7. The Morgan fingerprint density at radius 3 is 2.36 bits per heavy atom. The van der Waals surface area contributed by atoms with E-state index in [0.717, 1.165) is 37.5 Å². The number of allylic oxidation sites excluding steroid dienone is 1. The van der Waals surface area contributed by atoms with Gasteiger partial charge in [0, 0.05) is 36.4 Å². The Hall–Kier alpha value is -1.37. The molecular formula is C19H33NO5. The Balaban J connectivity index is 2.34. The highest BCUT2D eigenvalue weighted by Crippen LogP contribution is 2.38. The molecule has 1 saturated heterocycles. The lowest BCUT2D eigenvalue weighted by Crippen LogP contribution is -2.60. The molecule has 0 spiro atoms. The van der Waals surface area contributed by atoms with E-state index < -0.39 is 12.1 Å². The Bertz CT molecular complexity index is 480. The second kappa shape index (κ2) is 8.83. The van der Waals surface area contributed by atoms with Crippen molar-refractivity contribution in [3.8, 4) is 0 Å². The standard InChI is InChI=1S/C19H33NO5/c1-14(8-6-7-9-15(21)10-11-17(22)23)25-16-12-18(2,3)20(24)19(4,5)13-16/h10-11,15-16,21,24H,1,6-9,12-13H2,2-5H3,(H,22,23)/b11-10+. The monoisotopic (exact) mass is 355 g/mol. The fraction of sp³-hybridized carbons (Fsp3) is 0.737. The molecule has 1 aliphatic rings. The largest absolute Gasteiger partial charge is 0.495 e. The maximum Gasteiger partial charge on any atom is 0.328 e. The van der Waals surface area contributed by atoms with Crippen LogP contribution in [-0.2, 0) is 9.53 Å². The highest BCUT2D eigenvalue weighted by atomic mass is 16.5. The molecule has 0 aromatic carbocycles. The Morgan fingerprint density at radius 2 is 1.84 bits per heavy atom. The van der Waals surface area contributed by atoms with Gasteiger partial charge in [-0.15, -0.1) is 0 Å². The van der Waals surface area contributed by atoms with E-state index in [2.05, 4.69) is 6.58 Å². The van der Waals surface area contributed by atoms with E-state index in [1.165, 1.54) is 11.1 Å². The van der Waals surface area contributed by atoms with Crippen molar-refractivity contribution >= 4 is 5.97 Å². The van der Waals surface area contributed by atoms with Crippen molar-refractivity contribution in [1.29, 1.82) is 0 Å². The third-order valence-corrected chi connectivity index (χ3v) is 4.60. The number of unbranched alkanes of at least 4 members (excludes halogenated alkanes) is 1.